The maximum absolute atomic E-state index is 6.51. The first-order valence-electron chi connectivity index (χ1n) is 16.1. The summed E-state index contributed by atoms with van der Waals surface area (Å²) >= 11 is 0. The van der Waals surface area contributed by atoms with Crippen LogP contribution in [-0.4, -0.2) is 11.7 Å². The molecule has 1 aliphatic heterocycles. The molecule has 0 saturated heterocycles. The van der Waals surface area contributed by atoms with E-state index >= 15 is 0 Å². The molecule has 1 aliphatic rings. The Hall–Kier alpha value is -6.46. The predicted octanol–water partition coefficient (Wildman–Crippen LogP) is 10.8. The lowest BCUT2D eigenvalue weighted by molar-refractivity contribution is 0.665. The number of rotatable bonds is 4. The van der Waals surface area contributed by atoms with Crippen LogP contribution in [0.4, 0.5) is 0 Å². The van der Waals surface area contributed by atoms with Gasteiger partial charge in [-0.15, -0.1) is 0 Å². The molecule has 5 heteroatoms. The van der Waals surface area contributed by atoms with E-state index in [1.165, 1.54) is 10.8 Å². The highest BCUT2D eigenvalue weighted by Crippen LogP contribution is 2.38. The largest absolute Gasteiger partial charge is 0.456 e. The van der Waals surface area contributed by atoms with Gasteiger partial charge in [0.15, 0.2) is 6.17 Å². The van der Waals surface area contributed by atoms with Crippen molar-refractivity contribution < 1.29 is 8.83 Å². The summed E-state index contributed by atoms with van der Waals surface area (Å²) in [6, 6.07) is 52.3. The van der Waals surface area contributed by atoms with E-state index in [-0.39, 0.29) is 0 Å². The minimum atomic E-state index is -0.494. The number of hydrogen-bond donors (Lipinski definition) is 1. The molecule has 1 N–H and O–H groups in total. The van der Waals surface area contributed by atoms with Gasteiger partial charge in [0.2, 0.25) is 0 Å². The Bertz CT molecular complexity index is 2770. The number of amidine groups is 2. The normalized spacial score (nSPS) is 14.9. The lowest BCUT2D eigenvalue weighted by Crippen LogP contribution is -2.36. The van der Waals surface area contributed by atoms with Crippen molar-refractivity contribution in [3.63, 3.8) is 0 Å². The summed E-state index contributed by atoms with van der Waals surface area (Å²) in [7, 11) is 0. The van der Waals surface area contributed by atoms with Gasteiger partial charge in [0.25, 0.3) is 0 Å². The molecular weight excluding hydrogens is 590 g/mol. The topological polar surface area (TPSA) is 63.0 Å². The molecule has 0 radical (unpaired) electrons. The third-order valence-corrected chi connectivity index (χ3v) is 9.30. The second-order valence-corrected chi connectivity index (χ2v) is 12.2. The van der Waals surface area contributed by atoms with E-state index in [9.17, 15) is 0 Å². The molecule has 48 heavy (non-hydrogen) atoms. The van der Waals surface area contributed by atoms with E-state index in [2.05, 4.69) is 108 Å². The highest BCUT2D eigenvalue weighted by Gasteiger charge is 2.25. The Labute approximate surface area is 275 Å². The van der Waals surface area contributed by atoms with Crippen LogP contribution in [0.3, 0.4) is 0 Å². The fourth-order valence-electron chi connectivity index (χ4n) is 6.96. The quantitative estimate of drug-likeness (QED) is 0.214. The van der Waals surface area contributed by atoms with Crippen LogP contribution in [0.2, 0.25) is 0 Å². The number of para-hydroxylation sites is 2. The minimum absolute atomic E-state index is 0.494. The summed E-state index contributed by atoms with van der Waals surface area (Å²) in [5, 5.41) is 10.3. The van der Waals surface area contributed by atoms with Crippen molar-refractivity contribution in [3.8, 4) is 11.1 Å². The number of furan rings is 2. The molecule has 9 aromatic rings. The summed E-state index contributed by atoms with van der Waals surface area (Å²) in [5.41, 5.74) is 8.39. The zero-order chi connectivity index (χ0) is 31.6. The smallest absolute Gasteiger partial charge is 0.169 e. The second-order valence-electron chi connectivity index (χ2n) is 12.2. The molecular formula is C43H27N3O2. The average Bonchev–Trinajstić information content (AvgIpc) is 3.72. The fraction of sp³-hybridized carbons (Fsp3) is 0.0233. The number of aliphatic imine (C=N–C) groups is 2. The second kappa shape index (κ2) is 10.5. The third-order valence-electron chi connectivity index (χ3n) is 9.30. The number of benzene rings is 7. The first-order valence-corrected chi connectivity index (χ1v) is 16.1. The highest BCUT2D eigenvalue weighted by atomic mass is 16.3. The van der Waals surface area contributed by atoms with Crippen molar-refractivity contribution in [1.29, 1.82) is 0 Å². The zero-order valence-electron chi connectivity index (χ0n) is 25.7. The molecule has 0 fully saturated rings. The molecule has 1 unspecified atom stereocenters. The van der Waals surface area contributed by atoms with Crippen molar-refractivity contribution in [2.45, 2.75) is 6.17 Å². The first kappa shape index (κ1) is 26.7. The van der Waals surface area contributed by atoms with Crippen molar-refractivity contribution in [2.75, 3.05) is 0 Å². The molecule has 1 atom stereocenters. The Morgan fingerprint density at radius 1 is 0.438 bits per heavy atom. The average molecular weight is 618 g/mol. The van der Waals surface area contributed by atoms with Crippen LogP contribution in [0.5, 0.6) is 0 Å². The van der Waals surface area contributed by atoms with E-state index in [1.54, 1.807) is 0 Å². The predicted molar refractivity (Wildman–Crippen MR) is 196 cm³/mol. The fourth-order valence-corrected chi connectivity index (χ4v) is 6.96. The summed E-state index contributed by atoms with van der Waals surface area (Å²) in [5.74, 6) is 1.49. The number of nitrogens with zero attached hydrogens (tertiary/aromatic N) is 2. The van der Waals surface area contributed by atoms with Crippen LogP contribution >= 0.6 is 0 Å². The Morgan fingerprint density at radius 2 is 1.12 bits per heavy atom. The number of hydrogen-bond acceptors (Lipinski definition) is 5. The van der Waals surface area contributed by atoms with Gasteiger partial charge in [-0.25, -0.2) is 9.98 Å². The summed E-state index contributed by atoms with van der Waals surface area (Å²) < 4.78 is 12.8. The van der Waals surface area contributed by atoms with E-state index in [0.29, 0.717) is 0 Å². The molecule has 3 heterocycles. The Balaban J connectivity index is 1.19. The lowest BCUT2D eigenvalue weighted by Gasteiger charge is -2.23. The maximum Gasteiger partial charge on any atom is 0.169 e. The summed E-state index contributed by atoms with van der Waals surface area (Å²) in [6.45, 7) is 0. The maximum atomic E-state index is 6.51. The molecule has 7 aromatic carbocycles. The van der Waals surface area contributed by atoms with Gasteiger partial charge in [-0.05, 0) is 58.3 Å². The van der Waals surface area contributed by atoms with E-state index < -0.39 is 6.17 Å². The van der Waals surface area contributed by atoms with Gasteiger partial charge >= 0.3 is 0 Å². The van der Waals surface area contributed by atoms with Gasteiger partial charge < -0.3 is 14.2 Å². The van der Waals surface area contributed by atoms with Crippen LogP contribution < -0.4 is 5.32 Å². The van der Waals surface area contributed by atoms with Gasteiger partial charge in [0.05, 0.1) is 0 Å². The zero-order valence-corrected chi connectivity index (χ0v) is 25.7. The van der Waals surface area contributed by atoms with Crippen molar-refractivity contribution in [1.82, 2.24) is 5.32 Å². The molecule has 226 valence electrons. The standard InChI is InChI=1S/C43H27N3O2/c1-2-11-27(12-3-1)41-44-42(30-20-21-33-32-14-6-8-16-36(32)47-38(33)24-30)46-43(45-41)35-23-31(29-19-18-26-10-4-5-13-28(26)22-29)25-39-40(35)34-15-7-9-17-37(34)48-39/h1-25,42H,(H,44,45,46). The van der Waals surface area contributed by atoms with E-state index in [0.717, 1.165) is 83.4 Å². The monoisotopic (exact) mass is 617 g/mol. The molecule has 0 amide bonds. The van der Waals surface area contributed by atoms with Crippen LogP contribution in [0.25, 0.3) is 65.8 Å². The first-order chi connectivity index (χ1) is 23.7. The van der Waals surface area contributed by atoms with Gasteiger partial charge in [0, 0.05) is 38.2 Å². The SMILES string of the molecule is c1ccc(C2=NC(c3ccc4c(c3)oc3ccccc34)N=C(c3cc(-c4ccc5ccccc5c4)cc4oc5ccccc5c34)N2)cc1. The van der Waals surface area contributed by atoms with Crippen LogP contribution in [0.15, 0.2) is 170 Å². The van der Waals surface area contributed by atoms with Crippen LogP contribution in [0, 0.1) is 0 Å². The van der Waals surface area contributed by atoms with E-state index in [4.69, 9.17) is 18.8 Å². The summed E-state index contributed by atoms with van der Waals surface area (Å²) in [4.78, 5) is 10.5. The van der Waals surface area contributed by atoms with Crippen molar-refractivity contribution >= 4 is 66.3 Å². The lowest BCUT2D eigenvalue weighted by atomic mass is 9.96. The molecule has 0 aliphatic carbocycles. The van der Waals surface area contributed by atoms with Crippen LogP contribution in [0.1, 0.15) is 22.9 Å². The van der Waals surface area contributed by atoms with Gasteiger partial charge in [-0.1, -0.05) is 115 Å². The van der Waals surface area contributed by atoms with Gasteiger partial charge in [0.1, 0.15) is 34.0 Å². The number of fused-ring (bicyclic) bond motifs is 7. The summed E-state index contributed by atoms with van der Waals surface area (Å²) in [6.07, 6.45) is -0.494. The Kier molecular flexibility index (Phi) is 5.87. The van der Waals surface area contributed by atoms with Gasteiger partial charge in [-0.2, -0.15) is 0 Å². The molecule has 0 saturated carbocycles. The van der Waals surface area contributed by atoms with E-state index in [1.807, 2.05) is 48.5 Å². The third kappa shape index (κ3) is 4.32. The Morgan fingerprint density at radius 3 is 2.00 bits per heavy atom. The molecule has 2 aromatic heterocycles. The van der Waals surface area contributed by atoms with Crippen molar-refractivity contribution in [2.24, 2.45) is 9.98 Å². The van der Waals surface area contributed by atoms with Gasteiger partial charge in [-0.3, -0.25) is 0 Å². The molecule has 0 spiro atoms. The van der Waals surface area contributed by atoms with Crippen molar-refractivity contribution in [3.05, 3.63) is 168 Å². The molecule has 5 nitrogen and oxygen atoms in total. The highest BCUT2D eigenvalue weighted by molar-refractivity contribution is 6.24. The number of nitrogens with one attached hydrogen (secondary N) is 1. The molecule has 0 bridgehead atoms. The molecule has 10 rings (SSSR count). The van der Waals surface area contributed by atoms with Crippen LogP contribution in [-0.2, 0) is 0 Å². The minimum Gasteiger partial charge on any atom is -0.456 e.